The van der Waals surface area contributed by atoms with Crippen molar-refractivity contribution in [3.8, 4) is 0 Å². The van der Waals surface area contributed by atoms with Gasteiger partial charge in [-0.25, -0.2) is 4.39 Å². The molecule has 0 saturated carbocycles. The number of aliphatic imine (C=N–C) groups is 1. The zero-order chi connectivity index (χ0) is 19.8. The van der Waals surface area contributed by atoms with Crippen LogP contribution in [-0.2, 0) is 13.0 Å². The summed E-state index contributed by atoms with van der Waals surface area (Å²) in [6, 6.07) is 12.7. The number of nitrogens with one attached hydrogen (secondary N) is 2. The molecule has 0 bridgehead atoms. The maximum absolute atomic E-state index is 13.3. The minimum absolute atomic E-state index is 0.00289. The van der Waals surface area contributed by atoms with Gasteiger partial charge in [0.2, 0.25) is 0 Å². The van der Waals surface area contributed by atoms with Crippen molar-refractivity contribution in [1.82, 2.24) is 15.5 Å². The number of hydrogen-bond acceptors (Lipinski definition) is 2. The van der Waals surface area contributed by atoms with E-state index in [-0.39, 0.29) is 11.7 Å². The highest BCUT2D eigenvalue weighted by molar-refractivity contribution is 5.94. The van der Waals surface area contributed by atoms with Gasteiger partial charge in [0.05, 0.1) is 0 Å². The van der Waals surface area contributed by atoms with E-state index in [0.29, 0.717) is 30.2 Å². The second-order valence-electron chi connectivity index (χ2n) is 6.59. The Morgan fingerprint density at radius 2 is 1.89 bits per heavy atom. The largest absolute Gasteiger partial charge is 0.356 e. The van der Waals surface area contributed by atoms with E-state index in [1.165, 1.54) is 6.07 Å². The van der Waals surface area contributed by atoms with Crippen LogP contribution in [0.1, 0.15) is 27.0 Å². The third-order valence-electron chi connectivity index (χ3n) is 4.19. The quantitative estimate of drug-likeness (QED) is 0.607. The normalized spacial score (nSPS) is 11.2. The topological polar surface area (TPSA) is 56.7 Å². The average molecular weight is 370 g/mol. The molecule has 2 aromatic carbocycles. The van der Waals surface area contributed by atoms with E-state index in [2.05, 4.69) is 15.6 Å². The second-order valence-corrected chi connectivity index (χ2v) is 6.59. The number of guanidine groups is 1. The van der Waals surface area contributed by atoms with Crippen molar-refractivity contribution in [3.05, 3.63) is 70.5 Å². The Kier molecular flexibility index (Phi) is 7.34. The maximum Gasteiger partial charge on any atom is 0.253 e. The molecule has 0 unspecified atom stereocenters. The van der Waals surface area contributed by atoms with Gasteiger partial charge in [0.25, 0.3) is 5.91 Å². The summed E-state index contributed by atoms with van der Waals surface area (Å²) < 4.78 is 13.3. The van der Waals surface area contributed by atoms with Crippen molar-refractivity contribution in [1.29, 1.82) is 0 Å². The molecular weight excluding hydrogens is 343 g/mol. The first-order valence-corrected chi connectivity index (χ1v) is 8.91. The van der Waals surface area contributed by atoms with Crippen LogP contribution in [0.5, 0.6) is 0 Å². The number of halogens is 1. The van der Waals surface area contributed by atoms with Crippen LogP contribution in [0.3, 0.4) is 0 Å². The lowest BCUT2D eigenvalue weighted by molar-refractivity contribution is 0.0827. The molecule has 0 spiro atoms. The lowest BCUT2D eigenvalue weighted by atomic mass is 10.1. The average Bonchev–Trinajstić information content (AvgIpc) is 2.66. The van der Waals surface area contributed by atoms with E-state index in [4.69, 9.17) is 0 Å². The molecule has 6 heteroatoms. The predicted octanol–water partition coefficient (Wildman–Crippen LogP) is 2.74. The van der Waals surface area contributed by atoms with Gasteiger partial charge in [-0.3, -0.25) is 9.79 Å². The standard InChI is InChI=1S/C21H27FN4O/c1-15-12-17(8-9-19(15)22)14-25-21(23-2)24-11-10-16-6-5-7-18(13-16)20(27)26(3)4/h5-9,12-13H,10-11,14H2,1-4H3,(H2,23,24,25). The SMILES string of the molecule is CN=C(NCCc1cccc(C(=O)N(C)C)c1)NCc1ccc(F)c(C)c1. The molecule has 2 N–H and O–H groups in total. The van der Waals surface area contributed by atoms with Crippen LogP contribution in [0.2, 0.25) is 0 Å². The molecule has 0 radical (unpaired) electrons. The van der Waals surface area contributed by atoms with Crippen LogP contribution < -0.4 is 10.6 Å². The minimum atomic E-state index is -0.198. The van der Waals surface area contributed by atoms with E-state index in [0.717, 1.165) is 17.5 Å². The van der Waals surface area contributed by atoms with Crippen molar-refractivity contribution < 1.29 is 9.18 Å². The van der Waals surface area contributed by atoms with Crippen LogP contribution in [0, 0.1) is 12.7 Å². The first kappa shape index (κ1) is 20.4. The predicted molar refractivity (Wildman–Crippen MR) is 108 cm³/mol. The highest BCUT2D eigenvalue weighted by Crippen LogP contribution is 2.09. The Bertz CT molecular complexity index is 818. The van der Waals surface area contributed by atoms with Crippen LogP contribution in [-0.4, -0.2) is 44.5 Å². The van der Waals surface area contributed by atoms with Crippen molar-refractivity contribution in [3.63, 3.8) is 0 Å². The molecule has 5 nitrogen and oxygen atoms in total. The number of aryl methyl sites for hydroxylation is 1. The summed E-state index contributed by atoms with van der Waals surface area (Å²) in [6.07, 6.45) is 0.769. The van der Waals surface area contributed by atoms with Crippen LogP contribution in [0.15, 0.2) is 47.5 Å². The second kappa shape index (κ2) is 9.71. The van der Waals surface area contributed by atoms with Crippen molar-refractivity contribution >= 4 is 11.9 Å². The number of rotatable bonds is 6. The van der Waals surface area contributed by atoms with Crippen LogP contribution in [0.25, 0.3) is 0 Å². The Hall–Kier alpha value is -2.89. The third kappa shape index (κ3) is 6.09. The van der Waals surface area contributed by atoms with E-state index in [1.54, 1.807) is 39.0 Å². The smallest absolute Gasteiger partial charge is 0.253 e. The first-order valence-electron chi connectivity index (χ1n) is 8.91. The zero-order valence-electron chi connectivity index (χ0n) is 16.3. The minimum Gasteiger partial charge on any atom is -0.356 e. The lowest BCUT2D eigenvalue weighted by Crippen LogP contribution is -2.37. The molecule has 0 heterocycles. The number of amides is 1. The summed E-state index contributed by atoms with van der Waals surface area (Å²) in [5.41, 5.74) is 3.39. The van der Waals surface area contributed by atoms with Gasteiger partial charge < -0.3 is 15.5 Å². The Balaban J connectivity index is 1.85. The molecule has 0 aliphatic rings. The van der Waals surface area contributed by atoms with Gasteiger partial charge >= 0.3 is 0 Å². The molecule has 0 saturated heterocycles. The molecule has 2 rings (SSSR count). The van der Waals surface area contributed by atoms with E-state index < -0.39 is 0 Å². The summed E-state index contributed by atoms with van der Waals surface area (Å²) in [6.45, 7) is 3.00. The van der Waals surface area contributed by atoms with Crippen molar-refractivity contribution in [2.24, 2.45) is 4.99 Å². The Morgan fingerprint density at radius 3 is 2.56 bits per heavy atom. The van der Waals surface area contributed by atoms with Crippen LogP contribution >= 0.6 is 0 Å². The molecule has 1 amide bonds. The number of nitrogens with zero attached hydrogens (tertiary/aromatic N) is 2. The number of benzene rings is 2. The fourth-order valence-corrected chi connectivity index (χ4v) is 2.67. The summed E-state index contributed by atoms with van der Waals surface area (Å²) in [4.78, 5) is 17.8. The zero-order valence-corrected chi connectivity index (χ0v) is 16.3. The fraction of sp³-hybridized carbons (Fsp3) is 0.333. The lowest BCUT2D eigenvalue weighted by Gasteiger charge is -2.13. The first-order chi connectivity index (χ1) is 12.9. The van der Waals surface area contributed by atoms with Gasteiger partial charge in [0, 0.05) is 39.8 Å². The molecule has 0 aliphatic carbocycles. The molecule has 27 heavy (non-hydrogen) atoms. The Morgan fingerprint density at radius 1 is 1.11 bits per heavy atom. The molecular formula is C21H27FN4O. The molecule has 0 fully saturated rings. The van der Waals surface area contributed by atoms with Crippen LogP contribution in [0.4, 0.5) is 4.39 Å². The molecule has 144 valence electrons. The highest BCUT2D eigenvalue weighted by Gasteiger charge is 2.08. The summed E-state index contributed by atoms with van der Waals surface area (Å²) in [7, 11) is 5.20. The third-order valence-corrected chi connectivity index (χ3v) is 4.19. The molecule has 0 aliphatic heterocycles. The number of carbonyl (C=O) groups is 1. The summed E-state index contributed by atoms with van der Waals surface area (Å²) >= 11 is 0. The van der Waals surface area contributed by atoms with Gasteiger partial charge in [-0.15, -0.1) is 0 Å². The number of carbonyl (C=O) groups excluding carboxylic acids is 1. The fourth-order valence-electron chi connectivity index (χ4n) is 2.67. The van der Waals surface area contributed by atoms with Gasteiger partial charge in [-0.1, -0.05) is 24.3 Å². The van der Waals surface area contributed by atoms with E-state index in [9.17, 15) is 9.18 Å². The highest BCUT2D eigenvalue weighted by atomic mass is 19.1. The van der Waals surface area contributed by atoms with Crippen molar-refractivity contribution in [2.45, 2.75) is 19.9 Å². The Labute approximate surface area is 160 Å². The maximum atomic E-state index is 13.3. The molecule has 0 atom stereocenters. The summed E-state index contributed by atoms with van der Waals surface area (Å²) in [5, 5.41) is 6.47. The van der Waals surface area contributed by atoms with Gasteiger partial charge in [0.1, 0.15) is 5.82 Å². The summed E-state index contributed by atoms with van der Waals surface area (Å²) in [5.74, 6) is 0.477. The molecule has 2 aromatic rings. The van der Waals surface area contributed by atoms with E-state index >= 15 is 0 Å². The van der Waals surface area contributed by atoms with Gasteiger partial charge in [-0.05, 0) is 48.2 Å². The molecule has 0 aromatic heterocycles. The van der Waals surface area contributed by atoms with Crippen molar-refractivity contribution in [2.75, 3.05) is 27.7 Å². The number of hydrogen-bond donors (Lipinski definition) is 2. The van der Waals surface area contributed by atoms with E-state index in [1.807, 2.05) is 30.3 Å². The monoisotopic (exact) mass is 370 g/mol. The van der Waals surface area contributed by atoms with Gasteiger partial charge in [-0.2, -0.15) is 0 Å². The van der Waals surface area contributed by atoms with Gasteiger partial charge in [0.15, 0.2) is 5.96 Å².